The Hall–Kier alpha value is -3.75. The number of thiazole rings is 1. The number of aryl methyl sites for hydroxylation is 1. The number of para-hydroxylation sites is 1. The average Bonchev–Trinajstić information content (AvgIpc) is 3.25. The van der Waals surface area contributed by atoms with Crippen molar-refractivity contribution in [2.45, 2.75) is 19.9 Å². The minimum atomic E-state index is -0.314. The van der Waals surface area contributed by atoms with Crippen molar-refractivity contribution in [3.05, 3.63) is 92.9 Å². The quantitative estimate of drug-likeness (QED) is 0.333. The largest absolute Gasteiger partial charge is 0.368 e. The zero-order valence-corrected chi connectivity index (χ0v) is 20.1. The van der Waals surface area contributed by atoms with Crippen LogP contribution in [0.4, 0.5) is 11.8 Å². The minimum absolute atomic E-state index is 0.150. The minimum Gasteiger partial charge on any atom is -0.368 e. The Labute approximate surface area is 204 Å². The fraction of sp³-hybridized carbons (Fsp3) is 0.120. The molecule has 0 amide bonds. The molecule has 5 rings (SSSR count). The number of nitrogens with two attached hydrogens (primary N) is 1. The maximum absolute atomic E-state index is 13.7. The summed E-state index contributed by atoms with van der Waals surface area (Å²) in [6.07, 6.45) is 3.48. The predicted molar refractivity (Wildman–Crippen MR) is 139 cm³/mol. The van der Waals surface area contributed by atoms with E-state index < -0.39 is 0 Å². The molecular formula is C25H21ClN6OS. The average molecular weight is 489 g/mol. The number of pyridine rings is 1. The van der Waals surface area contributed by atoms with E-state index in [1.165, 1.54) is 0 Å². The highest BCUT2D eigenvalue weighted by Gasteiger charge is 2.20. The van der Waals surface area contributed by atoms with Crippen LogP contribution in [-0.2, 0) is 0 Å². The van der Waals surface area contributed by atoms with Crippen LogP contribution in [0.3, 0.4) is 0 Å². The molecule has 0 saturated carbocycles. The number of nitrogens with one attached hydrogen (secondary N) is 1. The molecule has 0 aliphatic rings. The molecule has 0 fully saturated rings. The summed E-state index contributed by atoms with van der Waals surface area (Å²) < 4.78 is 1.68. The lowest BCUT2D eigenvalue weighted by molar-refractivity contribution is 0.773. The van der Waals surface area contributed by atoms with Gasteiger partial charge in [0.25, 0.3) is 5.56 Å². The first-order valence-electron chi connectivity index (χ1n) is 10.6. The van der Waals surface area contributed by atoms with E-state index in [1.807, 2.05) is 68.6 Å². The fourth-order valence-corrected chi connectivity index (χ4v) is 4.96. The molecule has 1 unspecified atom stereocenters. The number of halogens is 1. The van der Waals surface area contributed by atoms with Crippen LogP contribution in [0.5, 0.6) is 0 Å². The molecule has 7 nitrogen and oxygen atoms in total. The van der Waals surface area contributed by atoms with Gasteiger partial charge in [-0.2, -0.15) is 4.98 Å². The van der Waals surface area contributed by atoms with Crippen LogP contribution >= 0.6 is 22.9 Å². The van der Waals surface area contributed by atoms with Gasteiger partial charge < -0.3 is 11.1 Å². The lowest BCUT2D eigenvalue weighted by Gasteiger charge is -2.22. The van der Waals surface area contributed by atoms with Crippen LogP contribution in [0.2, 0.25) is 5.02 Å². The lowest BCUT2D eigenvalue weighted by atomic mass is 10.1. The van der Waals surface area contributed by atoms with Crippen LogP contribution in [-0.4, -0.2) is 19.5 Å². The lowest BCUT2D eigenvalue weighted by Crippen LogP contribution is -2.26. The first-order valence-corrected chi connectivity index (χ1v) is 11.8. The zero-order chi connectivity index (χ0) is 23.8. The van der Waals surface area contributed by atoms with Gasteiger partial charge in [-0.3, -0.25) is 9.36 Å². The van der Waals surface area contributed by atoms with Crippen LogP contribution in [0.1, 0.15) is 23.5 Å². The normalized spacial score (nSPS) is 12.1. The topological polar surface area (TPSA) is 98.7 Å². The summed E-state index contributed by atoms with van der Waals surface area (Å²) in [6, 6.07) is 16.6. The number of nitrogens with zero attached hydrogens (tertiary/aromatic N) is 4. The number of hydrogen-bond donors (Lipinski definition) is 2. The third kappa shape index (κ3) is 4.02. The zero-order valence-electron chi connectivity index (χ0n) is 18.5. The van der Waals surface area contributed by atoms with E-state index in [9.17, 15) is 4.79 Å². The first kappa shape index (κ1) is 22.1. The van der Waals surface area contributed by atoms with Gasteiger partial charge in [0.2, 0.25) is 5.95 Å². The second-order valence-electron chi connectivity index (χ2n) is 7.88. The van der Waals surface area contributed by atoms with Crippen molar-refractivity contribution in [2.24, 2.45) is 0 Å². The van der Waals surface area contributed by atoms with Gasteiger partial charge in [-0.15, -0.1) is 11.3 Å². The Morgan fingerprint density at radius 3 is 2.62 bits per heavy atom. The van der Waals surface area contributed by atoms with E-state index in [2.05, 4.69) is 20.3 Å². The Balaban J connectivity index is 1.67. The molecule has 5 aromatic rings. The molecule has 170 valence electrons. The Bertz CT molecular complexity index is 1560. The molecule has 0 radical (unpaired) electrons. The Kier molecular flexibility index (Phi) is 5.77. The third-order valence-corrected chi connectivity index (χ3v) is 6.76. The monoisotopic (exact) mass is 488 g/mol. The fourth-order valence-electron chi connectivity index (χ4n) is 3.92. The number of hydrogen-bond acceptors (Lipinski definition) is 7. The maximum atomic E-state index is 13.7. The molecule has 0 aliphatic heterocycles. The number of benzene rings is 2. The molecule has 0 aliphatic carbocycles. The van der Waals surface area contributed by atoms with Crippen LogP contribution < -0.4 is 16.6 Å². The van der Waals surface area contributed by atoms with Crippen molar-refractivity contribution in [2.75, 3.05) is 11.1 Å². The standard InChI is InChI=1S/C25H21ClN6OS/c1-14-12-28-23(34-14)18-13-29-25(27)31-22(18)30-15(2)20-11-16-7-6-10-19(26)21(16)24(33)32(20)17-8-4-3-5-9-17/h3-13,15H,1-2H3,(H3,27,29,30,31). The van der Waals surface area contributed by atoms with Crippen molar-refractivity contribution < 1.29 is 0 Å². The van der Waals surface area contributed by atoms with Gasteiger partial charge in [0.1, 0.15) is 10.8 Å². The van der Waals surface area contributed by atoms with E-state index in [0.29, 0.717) is 16.2 Å². The third-order valence-electron chi connectivity index (χ3n) is 5.49. The van der Waals surface area contributed by atoms with Gasteiger partial charge in [0.15, 0.2) is 0 Å². The van der Waals surface area contributed by atoms with Crippen molar-refractivity contribution in [1.82, 2.24) is 19.5 Å². The van der Waals surface area contributed by atoms with E-state index in [0.717, 1.165) is 32.2 Å². The van der Waals surface area contributed by atoms with Gasteiger partial charge in [-0.25, -0.2) is 9.97 Å². The smallest absolute Gasteiger partial charge is 0.264 e. The molecule has 3 N–H and O–H groups in total. The van der Waals surface area contributed by atoms with Crippen molar-refractivity contribution >= 4 is 45.5 Å². The number of anilines is 2. The number of aromatic nitrogens is 4. The highest BCUT2D eigenvalue weighted by atomic mass is 35.5. The molecule has 3 aromatic heterocycles. The van der Waals surface area contributed by atoms with Crippen LogP contribution in [0, 0.1) is 6.92 Å². The van der Waals surface area contributed by atoms with E-state index in [-0.39, 0.29) is 17.5 Å². The predicted octanol–water partition coefficient (Wildman–Crippen LogP) is 5.62. The van der Waals surface area contributed by atoms with Gasteiger partial charge in [0, 0.05) is 28.7 Å². The maximum Gasteiger partial charge on any atom is 0.264 e. The van der Waals surface area contributed by atoms with E-state index in [1.54, 1.807) is 28.2 Å². The summed E-state index contributed by atoms with van der Waals surface area (Å²) in [5.41, 5.74) is 7.98. The molecule has 0 bridgehead atoms. The Morgan fingerprint density at radius 1 is 1.09 bits per heavy atom. The summed E-state index contributed by atoms with van der Waals surface area (Å²) in [6.45, 7) is 3.97. The van der Waals surface area contributed by atoms with E-state index >= 15 is 0 Å². The highest BCUT2D eigenvalue weighted by Crippen LogP contribution is 2.33. The second kappa shape index (κ2) is 8.89. The summed E-state index contributed by atoms with van der Waals surface area (Å²) in [7, 11) is 0. The van der Waals surface area contributed by atoms with Crippen molar-refractivity contribution in [3.63, 3.8) is 0 Å². The molecule has 34 heavy (non-hydrogen) atoms. The number of rotatable bonds is 5. The molecule has 0 saturated heterocycles. The summed E-state index contributed by atoms with van der Waals surface area (Å²) in [4.78, 5) is 27.8. The molecule has 2 aromatic carbocycles. The van der Waals surface area contributed by atoms with Crippen molar-refractivity contribution in [3.8, 4) is 16.3 Å². The van der Waals surface area contributed by atoms with Gasteiger partial charge in [0.05, 0.1) is 22.0 Å². The number of nitrogen functional groups attached to an aromatic ring is 1. The summed E-state index contributed by atoms with van der Waals surface area (Å²) >= 11 is 7.97. The summed E-state index contributed by atoms with van der Waals surface area (Å²) in [5.74, 6) is 0.699. The highest BCUT2D eigenvalue weighted by molar-refractivity contribution is 7.15. The Morgan fingerprint density at radius 2 is 1.88 bits per heavy atom. The molecule has 9 heteroatoms. The van der Waals surface area contributed by atoms with Crippen LogP contribution in [0.25, 0.3) is 27.0 Å². The van der Waals surface area contributed by atoms with Gasteiger partial charge >= 0.3 is 0 Å². The molecule has 3 heterocycles. The molecular weight excluding hydrogens is 468 g/mol. The second-order valence-corrected chi connectivity index (χ2v) is 9.52. The first-order chi connectivity index (χ1) is 16.4. The van der Waals surface area contributed by atoms with Gasteiger partial charge in [-0.05, 0) is 43.5 Å². The van der Waals surface area contributed by atoms with E-state index in [4.69, 9.17) is 17.3 Å². The summed E-state index contributed by atoms with van der Waals surface area (Å²) in [5, 5.41) is 5.90. The number of fused-ring (bicyclic) bond motifs is 1. The molecule has 0 spiro atoms. The molecule has 1 atom stereocenters. The SMILES string of the molecule is Cc1cnc(-c2cnc(N)nc2NC(C)c2cc3cccc(Cl)c3c(=O)n2-c2ccccc2)s1. The van der Waals surface area contributed by atoms with Crippen LogP contribution in [0.15, 0.2) is 71.8 Å². The van der Waals surface area contributed by atoms with Crippen molar-refractivity contribution in [1.29, 1.82) is 0 Å². The van der Waals surface area contributed by atoms with Gasteiger partial charge in [-0.1, -0.05) is 41.9 Å².